The van der Waals surface area contributed by atoms with Crippen molar-refractivity contribution in [2.24, 2.45) is 0 Å². The molecule has 0 aliphatic rings. The maximum Gasteiger partial charge on any atom is 0.225 e. The summed E-state index contributed by atoms with van der Waals surface area (Å²) in [6, 6.07) is 1.74. The molecule has 0 aromatic carbocycles. The van der Waals surface area contributed by atoms with Gasteiger partial charge in [0.1, 0.15) is 10.8 Å². The molecule has 1 N–H and O–H groups in total. The highest BCUT2D eigenvalue weighted by Crippen LogP contribution is 2.25. The summed E-state index contributed by atoms with van der Waals surface area (Å²) >= 11 is 11.6. The van der Waals surface area contributed by atoms with Crippen LogP contribution in [0.3, 0.4) is 0 Å². The van der Waals surface area contributed by atoms with Gasteiger partial charge in [-0.3, -0.25) is 0 Å². The fourth-order valence-electron chi connectivity index (χ4n) is 1.42. The second-order valence-corrected chi connectivity index (χ2v) is 3.97. The molecule has 1 atom stereocenters. The summed E-state index contributed by atoms with van der Waals surface area (Å²) in [4.78, 5) is 7.93. The Kier molecular flexibility index (Phi) is 2.82. The monoisotopic (exact) mass is 245 g/mol. The predicted octanol–water partition coefficient (Wildman–Crippen LogP) is 2.29. The molecule has 0 fully saturated rings. The lowest BCUT2D eigenvalue weighted by Crippen LogP contribution is -2.08. The first kappa shape index (κ1) is 10.7. The predicted molar refractivity (Wildman–Crippen MR) is 59.3 cm³/mol. The third-order valence-corrected chi connectivity index (χ3v) is 2.69. The smallest absolute Gasteiger partial charge is 0.225 e. The molecule has 2 aromatic heterocycles. The average molecular weight is 246 g/mol. The number of aliphatic hydroxyl groups excluding tert-OH is 1. The van der Waals surface area contributed by atoms with Crippen LogP contribution in [0.15, 0.2) is 12.3 Å². The summed E-state index contributed by atoms with van der Waals surface area (Å²) < 4.78 is 1.81. The van der Waals surface area contributed by atoms with Gasteiger partial charge >= 0.3 is 0 Å². The molecule has 15 heavy (non-hydrogen) atoms. The SMILES string of the molecule is C[C@@H](CO)n1ccc2c(Cl)nc(Cl)nc21. The highest BCUT2D eigenvalue weighted by molar-refractivity contribution is 6.35. The number of fused-ring (bicyclic) bond motifs is 1. The standard InChI is InChI=1S/C9H9Cl2N3O/c1-5(4-15)14-3-2-6-7(10)12-9(11)13-8(6)14/h2-3,5,15H,4H2,1H3/t5-/m0/s1. The lowest BCUT2D eigenvalue weighted by Gasteiger charge is -2.11. The molecule has 0 spiro atoms. The Morgan fingerprint density at radius 2 is 2.20 bits per heavy atom. The molecular formula is C9H9Cl2N3O. The van der Waals surface area contributed by atoms with Crippen molar-refractivity contribution in [2.75, 3.05) is 6.61 Å². The second kappa shape index (κ2) is 3.96. The van der Waals surface area contributed by atoms with Crippen LogP contribution in [0.5, 0.6) is 0 Å². The molecule has 2 rings (SSSR count). The van der Waals surface area contributed by atoms with Gasteiger partial charge in [0.05, 0.1) is 18.0 Å². The summed E-state index contributed by atoms with van der Waals surface area (Å²) in [7, 11) is 0. The molecule has 0 aliphatic heterocycles. The van der Waals surface area contributed by atoms with Gasteiger partial charge in [-0.2, -0.15) is 4.98 Å². The Hall–Kier alpha value is -0.840. The highest BCUT2D eigenvalue weighted by Gasteiger charge is 2.12. The molecule has 6 heteroatoms. The number of hydrogen-bond acceptors (Lipinski definition) is 3. The van der Waals surface area contributed by atoms with Crippen LogP contribution in [0.25, 0.3) is 11.0 Å². The third-order valence-electron chi connectivity index (χ3n) is 2.24. The zero-order chi connectivity index (χ0) is 11.0. The fourth-order valence-corrected chi connectivity index (χ4v) is 1.85. The van der Waals surface area contributed by atoms with E-state index in [0.717, 1.165) is 5.39 Å². The average Bonchev–Trinajstić information content (AvgIpc) is 2.60. The molecule has 0 bridgehead atoms. The van der Waals surface area contributed by atoms with Crippen molar-refractivity contribution in [1.29, 1.82) is 0 Å². The number of rotatable bonds is 2. The van der Waals surface area contributed by atoms with Crippen LogP contribution in [-0.4, -0.2) is 26.2 Å². The molecule has 80 valence electrons. The molecule has 0 aliphatic carbocycles. The zero-order valence-electron chi connectivity index (χ0n) is 7.98. The van der Waals surface area contributed by atoms with Gasteiger partial charge in [0.2, 0.25) is 5.28 Å². The van der Waals surface area contributed by atoms with Gasteiger partial charge in [-0.15, -0.1) is 0 Å². The number of halogens is 2. The first-order valence-electron chi connectivity index (χ1n) is 4.44. The number of hydrogen-bond donors (Lipinski definition) is 1. The van der Waals surface area contributed by atoms with Crippen LogP contribution in [0.1, 0.15) is 13.0 Å². The lowest BCUT2D eigenvalue weighted by atomic mass is 10.3. The molecule has 0 saturated heterocycles. The van der Waals surface area contributed by atoms with Gasteiger partial charge in [-0.25, -0.2) is 4.98 Å². The minimum atomic E-state index is -0.0652. The minimum Gasteiger partial charge on any atom is -0.394 e. The van der Waals surface area contributed by atoms with Crippen molar-refractivity contribution in [3.63, 3.8) is 0 Å². The van der Waals surface area contributed by atoms with Crippen LogP contribution in [0.4, 0.5) is 0 Å². The van der Waals surface area contributed by atoms with Crippen LogP contribution < -0.4 is 0 Å². The largest absolute Gasteiger partial charge is 0.394 e. The fraction of sp³-hybridized carbons (Fsp3) is 0.333. The van der Waals surface area contributed by atoms with Gasteiger partial charge < -0.3 is 9.67 Å². The van der Waals surface area contributed by atoms with Crippen molar-refractivity contribution in [3.8, 4) is 0 Å². The van der Waals surface area contributed by atoms with Crippen molar-refractivity contribution in [1.82, 2.24) is 14.5 Å². The van der Waals surface area contributed by atoms with E-state index in [4.69, 9.17) is 28.3 Å². The van der Waals surface area contributed by atoms with Crippen molar-refractivity contribution in [3.05, 3.63) is 22.7 Å². The van der Waals surface area contributed by atoms with Crippen molar-refractivity contribution < 1.29 is 5.11 Å². The molecule has 0 unspecified atom stereocenters. The molecule has 0 radical (unpaired) electrons. The van der Waals surface area contributed by atoms with Crippen molar-refractivity contribution >= 4 is 34.2 Å². The first-order valence-corrected chi connectivity index (χ1v) is 5.19. The molecule has 2 heterocycles. The Bertz CT molecular complexity index is 497. The zero-order valence-corrected chi connectivity index (χ0v) is 9.50. The lowest BCUT2D eigenvalue weighted by molar-refractivity contribution is 0.241. The molecule has 2 aromatic rings. The third kappa shape index (κ3) is 1.80. The first-order chi connectivity index (χ1) is 7.13. The van der Waals surface area contributed by atoms with E-state index < -0.39 is 0 Å². The molecule has 0 amide bonds. The van der Waals surface area contributed by atoms with Gasteiger partial charge in [0.15, 0.2) is 0 Å². The van der Waals surface area contributed by atoms with Crippen LogP contribution >= 0.6 is 23.2 Å². The highest BCUT2D eigenvalue weighted by atomic mass is 35.5. The van der Waals surface area contributed by atoms with E-state index in [-0.39, 0.29) is 17.9 Å². The van der Waals surface area contributed by atoms with Gasteiger partial charge in [0.25, 0.3) is 0 Å². The summed E-state index contributed by atoms with van der Waals surface area (Å²) in [5.74, 6) is 0. The minimum absolute atomic E-state index is 0.0308. The summed E-state index contributed by atoms with van der Waals surface area (Å²) in [5, 5.41) is 10.2. The van der Waals surface area contributed by atoms with Gasteiger partial charge in [-0.05, 0) is 24.6 Å². The van der Waals surface area contributed by atoms with Crippen molar-refractivity contribution in [2.45, 2.75) is 13.0 Å². The van der Waals surface area contributed by atoms with E-state index in [1.54, 1.807) is 6.07 Å². The normalized spacial score (nSPS) is 13.3. The Labute approximate surface area is 96.5 Å². The maximum absolute atomic E-state index is 9.07. The summed E-state index contributed by atoms with van der Waals surface area (Å²) in [6.07, 6.45) is 1.81. The Morgan fingerprint density at radius 1 is 1.47 bits per heavy atom. The molecular weight excluding hydrogens is 237 g/mol. The van der Waals surface area contributed by atoms with E-state index in [0.29, 0.717) is 10.8 Å². The molecule has 4 nitrogen and oxygen atoms in total. The van der Waals surface area contributed by atoms with E-state index >= 15 is 0 Å². The van der Waals surface area contributed by atoms with E-state index in [1.165, 1.54) is 0 Å². The Morgan fingerprint density at radius 3 is 2.87 bits per heavy atom. The quantitative estimate of drug-likeness (QED) is 0.653. The van der Waals surface area contributed by atoms with E-state index in [9.17, 15) is 0 Å². The van der Waals surface area contributed by atoms with Gasteiger partial charge in [-0.1, -0.05) is 11.6 Å². The molecule has 0 saturated carbocycles. The number of aromatic nitrogens is 3. The van der Waals surface area contributed by atoms with Crippen LogP contribution in [-0.2, 0) is 0 Å². The summed E-state index contributed by atoms with van der Waals surface area (Å²) in [6.45, 7) is 1.91. The number of aliphatic hydroxyl groups is 1. The van der Waals surface area contributed by atoms with E-state index in [1.807, 2.05) is 17.7 Å². The van der Waals surface area contributed by atoms with E-state index in [2.05, 4.69) is 9.97 Å². The van der Waals surface area contributed by atoms with Crippen LogP contribution in [0, 0.1) is 0 Å². The number of nitrogens with zero attached hydrogens (tertiary/aromatic N) is 3. The topological polar surface area (TPSA) is 50.9 Å². The Balaban J connectivity index is 2.68. The van der Waals surface area contributed by atoms with Gasteiger partial charge in [0, 0.05) is 6.20 Å². The summed E-state index contributed by atoms with van der Waals surface area (Å²) in [5.41, 5.74) is 0.640. The maximum atomic E-state index is 9.07. The van der Waals surface area contributed by atoms with Crippen LogP contribution in [0.2, 0.25) is 10.4 Å². The second-order valence-electron chi connectivity index (χ2n) is 3.28.